The van der Waals surface area contributed by atoms with Gasteiger partial charge in [0.2, 0.25) is 0 Å². The van der Waals surface area contributed by atoms with Gasteiger partial charge in [-0.25, -0.2) is 4.79 Å². The van der Waals surface area contributed by atoms with Gasteiger partial charge in [-0.3, -0.25) is 0 Å². The van der Waals surface area contributed by atoms with Crippen molar-refractivity contribution in [2.75, 3.05) is 20.8 Å². The Labute approximate surface area is 108 Å². The molecule has 0 heterocycles. The second-order valence-electron chi connectivity index (χ2n) is 2.88. The Morgan fingerprint density at radius 3 is 2.82 bits per heavy atom. The predicted octanol–water partition coefficient (Wildman–Crippen LogP) is 2.01. The van der Waals surface area contributed by atoms with E-state index >= 15 is 0 Å². The summed E-state index contributed by atoms with van der Waals surface area (Å²) in [6.45, 7) is 0.0981. The maximum absolute atomic E-state index is 10.7. The monoisotopic (exact) mass is 298 g/mol. The summed E-state index contributed by atoms with van der Waals surface area (Å²) in [5.41, 5.74) is 0. The van der Waals surface area contributed by atoms with Crippen LogP contribution in [0.15, 0.2) is 22.7 Å². The van der Waals surface area contributed by atoms with Gasteiger partial charge in [-0.2, -0.15) is 0 Å². The van der Waals surface area contributed by atoms with Crippen LogP contribution in [-0.2, 0) is 9.53 Å². The first-order chi connectivity index (χ1) is 8.17. The van der Waals surface area contributed by atoms with Crippen molar-refractivity contribution < 1.29 is 19.0 Å². The largest absolute Gasteiger partial charge is 0.497 e. The predicted molar refractivity (Wildman–Crippen MR) is 66.0 cm³/mol. The van der Waals surface area contributed by atoms with Crippen LogP contribution in [0.5, 0.6) is 11.5 Å². The second-order valence-corrected chi connectivity index (χ2v) is 3.73. The first kappa shape index (κ1) is 13.4. The molecule has 0 N–H and O–H groups in total. The lowest BCUT2D eigenvalue weighted by atomic mass is 10.3. The quantitative estimate of drug-likeness (QED) is 0.486. The fraction of sp³-hybridized carbons (Fsp3) is 0.250. The van der Waals surface area contributed by atoms with Gasteiger partial charge in [-0.15, -0.1) is 0 Å². The summed E-state index contributed by atoms with van der Waals surface area (Å²) in [4.78, 5) is 10.7. The number of methoxy groups -OCH3 is 2. The standard InChI is InChI=1S/C12H11BrO4/c1-15-9-5-6-10(13)11(8-9)17-7-3-4-12(14)16-2/h5-6,8H,7H2,1-2H3. The number of carbonyl (C=O) groups is 1. The van der Waals surface area contributed by atoms with Gasteiger partial charge in [-0.1, -0.05) is 0 Å². The lowest BCUT2D eigenvalue weighted by Gasteiger charge is -2.06. The van der Waals surface area contributed by atoms with Crippen LogP contribution in [0.3, 0.4) is 0 Å². The van der Waals surface area contributed by atoms with E-state index in [4.69, 9.17) is 9.47 Å². The van der Waals surface area contributed by atoms with Gasteiger partial charge in [0.1, 0.15) is 18.1 Å². The zero-order valence-electron chi connectivity index (χ0n) is 9.45. The van der Waals surface area contributed by atoms with Gasteiger partial charge < -0.3 is 14.2 Å². The molecule has 0 saturated heterocycles. The molecule has 17 heavy (non-hydrogen) atoms. The Morgan fingerprint density at radius 1 is 1.41 bits per heavy atom. The number of rotatable bonds is 3. The highest BCUT2D eigenvalue weighted by Crippen LogP contribution is 2.29. The third kappa shape index (κ3) is 4.37. The van der Waals surface area contributed by atoms with Crippen LogP contribution >= 0.6 is 15.9 Å². The molecule has 0 aromatic heterocycles. The SMILES string of the molecule is COC(=O)C#CCOc1cc(OC)ccc1Br. The Hall–Kier alpha value is -1.67. The summed E-state index contributed by atoms with van der Waals surface area (Å²) in [5.74, 6) is 5.51. The highest BCUT2D eigenvalue weighted by atomic mass is 79.9. The van der Waals surface area contributed by atoms with Crippen molar-refractivity contribution in [3.05, 3.63) is 22.7 Å². The Kier molecular flexibility index (Phi) is 5.37. The van der Waals surface area contributed by atoms with Crippen molar-refractivity contribution >= 4 is 21.9 Å². The maximum atomic E-state index is 10.7. The van der Waals surface area contributed by atoms with E-state index in [9.17, 15) is 4.79 Å². The number of esters is 1. The van der Waals surface area contributed by atoms with E-state index in [-0.39, 0.29) is 6.61 Å². The van der Waals surface area contributed by atoms with Crippen molar-refractivity contribution in [2.24, 2.45) is 0 Å². The number of hydrogen-bond acceptors (Lipinski definition) is 4. The van der Waals surface area contributed by atoms with Gasteiger partial charge in [0.05, 0.1) is 18.7 Å². The average Bonchev–Trinajstić information content (AvgIpc) is 2.36. The second kappa shape index (κ2) is 6.81. The van der Waals surface area contributed by atoms with E-state index in [1.165, 1.54) is 7.11 Å². The molecule has 0 unspecified atom stereocenters. The molecular weight excluding hydrogens is 288 g/mol. The summed E-state index contributed by atoms with van der Waals surface area (Å²) in [6.07, 6.45) is 0. The molecule has 0 radical (unpaired) electrons. The van der Waals surface area contributed by atoms with E-state index < -0.39 is 5.97 Å². The zero-order valence-corrected chi connectivity index (χ0v) is 11.0. The van der Waals surface area contributed by atoms with Crippen LogP contribution in [0.2, 0.25) is 0 Å². The first-order valence-electron chi connectivity index (χ1n) is 4.70. The van der Waals surface area contributed by atoms with Crippen LogP contribution in [0.4, 0.5) is 0 Å². The van der Waals surface area contributed by atoms with Gasteiger partial charge in [-0.05, 0) is 34.0 Å². The lowest BCUT2D eigenvalue weighted by molar-refractivity contribution is -0.133. The Morgan fingerprint density at radius 2 is 2.18 bits per heavy atom. The average molecular weight is 299 g/mol. The highest BCUT2D eigenvalue weighted by Gasteiger charge is 2.02. The summed E-state index contributed by atoms with van der Waals surface area (Å²) in [5, 5.41) is 0. The zero-order chi connectivity index (χ0) is 12.7. The summed E-state index contributed by atoms with van der Waals surface area (Å²) < 4.78 is 15.6. The van der Waals surface area contributed by atoms with E-state index in [0.29, 0.717) is 11.5 Å². The van der Waals surface area contributed by atoms with E-state index in [0.717, 1.165) is 4.47 Å². The normalized spacial score (nSPS) is 8.88. The first-order valence-corrected chi connectivity index (χ1v) is 5.50. The van der Waals surface area contributed by atoms with Crippen molar-refractivity contribution in [2.45, 2.75) is 0 Å². The third-order valence-corrected chi connectivity index (χ3v) is 2.47. The number of benzene rings is 1. The van der Waals surface area contributed by atoms with Crippen molar-refractivity contribution in [1.29, 1.82) is 0 Å². The minimum atomic E-state index is -0.585. The van der Waals surface area contributed by atoms with Gasteiger partial charge >= 0.3 is 5.97 Å². The molecule has 0 atom stereocenters. The molecule has 0 fully saturated rings. The molecule has 1 rings (SSSR count). The molecular formula is C12H11BrO4. The smallest absolute Gasteiger partial charge is 0.384 e. The van der Waals surface area contributed by atoms with Crippen LogP contribution in [0.1, 0.15) is 0 Å². The third-order valence-electron chi connectivity index (χ3n) is 1.81. The number of ether oxygens (including phenoxy) is 3. The summed E-state index contributed by atoms with van der Waals surface area (Å²) >= 11 is 3.33. The molecule has 4 nitrogen and oxygen atoms in total. The fourth-order valence-electron chi connectivity index (χ4n) is 0.994. The van der Waals surface area contributed by atoms with Crippen molar-refractivity contribution in [3.63, 3.8) is 0 Å². The molecule has 0 saturated carbocycles. The van der Waals surface area contributed by atoms with Crippen LogP contribution < -0.4 is 9.47 Å². The minimum absolute atomic E-state index is 0.0981. The molecule has 0 amide bonds. The van der Waals surface area contributed by atoms with E-state index in [2.05, 4.69) is 32.5 Å². The van der Waals surface area contributed by atoms with Gasteiger partial charge in [0.25, 0.3) is 0 Å². The van der Waals surface area contributed by atoms with Crippen LogP contribution in [0.25, 0.3) is 0 Å². The molecule has 0 spiro atoms. The topological polar surface area (TPSA) is 44.8 Å². The van der Waals surface area contributed by atoms with Crippen LogP contribution in [-0.4, -0.2) is 26.8 Å². The van der Waals surface area contributed by atoms with Crippen molar-refractivity contribution in [3.8, 4) is 23.3 Å². The fourth-order valence-corrected chi connectivity index (χ4v) is 1.36. The van der Waals surface area contributed by atoms with Gasteiger partial charge in [0.15, 0.2) is 0 Å². The Bertz CT molecular complexity index is 459. The van der Waals surface area contributed by atoms with E-state index in [1.807, 2.05) is 6.07 Å². The van der Waals surface area contributed by atoms with Gasteiger partial charge in [0, 0.05) is 12.0 Å². The summed E-state index contributed by atoms with van der Waals surface area (Å²) in [7, 11) is 2.85. The molecule has 0 aliphatic rings. The molecule has 0 bridgehead atoms. The molecule has 1 aromatic rings. The van der Waals surface area contributed by atoms with Crippen molar-refractivity contribution in [1.82, 2.24) is 0 Å². The van der Waals surface area contributed by atoms with E-state index in [1.54, 1.807) is 19.2 Å². The molecule has 90 valence electrons. The number of halogens is 1. The minimum Gasteiger partial charge on any atom is -0.497 e. The Balaban J connectivity index is 2.61. The molecule has 0 aliphatic heterocycles. The molecule has 0 aliphatic carbocycles. The molecule has 1 aromatic carbocycles. The number of hydrogen-bond donors (Lipinski definition) is 0. The lowest BCUT2D eigenvalue weighted by Crippen LogP contribution is -1.99. The number of carbonyl (C=O) groups excluding carboxylic acids is 1. The van der Waals surface area contributed by atoms with Crippen LogP contribution in [0, 0.1) is 11.8 Å². The summed E-state index contributed by atoms with van der Waals surface area (Å²) in [6, 6.07) is 5.34. The highest BCUT2D eigenvalue weighted by molar-refractivity contribution is 9.10. The maximum Gasteiger partial charge on any atom is 0.384 e. The molecule has 5 heteroatoms.